The average molecular weight is 329 g/mol. The summed E-state index contributed by atoms with van der Waals surface area (Å²) < 4.78 is 1.58. The van der Waals surface area contributed by atoms with E-state index in [0.717, 1.165) is 0 Å². The molecule has 3 rings (SSSR count). The third-order valence-electron chi connectivity index (χ3n) is 4.61. The zero-order valence-electron chi connectivity index (χ0n) is 14.2. The number of fused-ring (bicyclic) bond motifs is 1. The number of aliphatic imine (C=N–C) groups is 1. The Labute approximate surface area is 138 Å². The zero-order valence-corrected chi connectivity index (χ0v) is 14.2. The molecule has 2 N–H and O–H groups in total. The number of nitrogens with one attached hydrogen (secondary N) is 1. The molecule has 0 fully saturated rings. The van der Waals surface area contributed by atoms with Gasteiger partial charge in [-0.1, -0.05) is 13.8 Å². The van der Waals surface area contributed by atoms with Gasteiger partial charge in [0.1, 0.15) is 11.2 Å². The summed E-state index contributed by atoms with van der Waals surface area (Å²) in [6, 6.07) is 1.53. The number of nitrogens with zero attached hydrogens (tertiary/aromatic N) is 4. The molecule has 2 aromatic heterocycles. The van der Waals surface area contributed by atoms with E-state index in [4.69, 9.17) is 0 Å². The molecule has 8 heteroatoms. The molecule has 0 saturated heterocycles. The van der Waals surface area contributed by atoms with Crippen LogP contribution in [0.1, 0.15) is 42.5 Å². The van der Waals surface area contributed by atoms with Crippen molar-refractivity contribution in [3.05, 3.63) is 23.0 Å². The topological polar surface area (TPSA) is 109 Å². The quantitative estimate of drug-likeness (QED) is 0.881. The number of carboxylic acid groups (broad SMARTS) is 1. The Hall–Kier alpha value is -2.77. The minimum absolute atomic E-state index is 0.00865. The van der Waals surface area contributed by atoms with Crippen molar-refractivity contribution >= 4 is 28.7 Å². The molecule has 2 aromatic rings. The summed E-state index contributed by atoms with van der Waals surface area (Å²) in [5.41, 5.74) is 0.437. The predicted molar refractivity (Wildman–Crippen MR) is 88.1 cm³/mol. The summed E-state index contributed by atoms with van der Waals surface area (Å²) in [6.07, 6.45) is 0. The van der Waals surface area contributed by atoms with E-state index in [1.807, 2.05) is 13.8 Å². The van der Waals surface area contributed by atoms with E-state index < -0.39 is 11.5 Å². The van der Waals surface area contributed by atoms with Crippen LogP contribution in [0.5, 0.6) is 0 Å². The zero-order chi connectivity index (χ0) is 17.8. The predicted octanol–water partition coefficient (Wildman–Crippen LogP) is 1.27. The fraction of sp³-hybridized carbons (Fsp3) is 0.438. The summed E-state index contributed by atoms with van der Waals surface area (Å²) in [7, 11) is 1.74. The second kappa shape index (κ2) is 5.12. The summed E-state index contributed by atoms with van der Waals surface area (Å²) in [5.74, 6) is -1.23. The van der Waals surface area contributed by atoms with Crippen molar-refractivity contribution in [2.75, 3.05) is 0 Å². The molecule has 0 aromatic carbocycles. The molecule has 0 spiro atoms. The Kier molecular flexibility index (Phi) is 3.43. The molecule has 1 aliphatic heterocycles. The fourth-order valence-electron chi connectivity index (χ4n) is 2.73. The molecule has 1 amide bonds. The van der Waals surface area contributed by atoms with Gasteiger partial charge in [0.25, 0.3) is 5.91 Å². The highest BCUT2D eigenvalue weighted by Gasteiger charge is 2.43. The van der Waals surface area contributed by atoms with Gasteiger partial charge in [-0.2, -0.15) is 5.10 Å². The van der Waals surface area contributed by atoms with Crippen LogP contribution in [0.2, 0.25) is 0 Å². The maximum absolute atomic E-state index is 12.3. The second-order valence-electron chi connectivity index (χ2n) is 6.49. The Morgan fingerprint density at radius 2 is 2.08 bits per heavy atom. The lowest BCUT2D eigenvalue weighted by Gasteiger charge is -2.21. The molecule has 8 nitrogen and oxygen atoms in total. The van der Waals surface area contributed by atoms with Gasteiger partial charge in [-0.15, -0.1) is 0 Å². The van der Waals surface area contributed by atoms with Crippen molar-refractivity contribution < 1.29 is 14.7 Å². The lowest BCUT2D eigenvalue weighted by molar-refractivity contribution is -0.124. The van der Waals surface area contributed by atoms with E-state index in [-0.39, 0.29) is 28.9 Å². The van der Waals surface area contributed by atoms with E-state index in [1.54, 1.807) is 25.6 Å². The van der Waals surface area contributed by atoms with Gasteiger partial charge in [0, 0.05) is 12.4 Å². The first-order valence-electron chi connectivity index (χ1n) is 7.64. The first kappa shape index (κ1) is 16.1. The molecule has 0 saturated carbocycles. The summed E-state index contributed by atoms with van der Waals surface area (Å²) in [4.78, 5) is 32.9. The number of amides is 1. The largest absolute Gasteiger partial charge is 0.478 e. The first-order chi connectivity index (χ1) is 11.1. The van der Waals surface area contributed by atoms with Crippen molar-refractivity contribution in [3.8, 4) is 0 Å². The number of pyridine rings is 1. The molecular weight excluding hydrogens is 310 g/mol. The van der Waals surface area contributed by atoms with Crippen molar-refractivity contribution in [2.45, 2.75) is 33.2 Å². The molecule has 3 heterocycles. The fourth-order valence-corrected chi connectivity index (χ4v) is 2.73. The highest BCUT2D eigenvalue weighted by Crippen LogP contribution is 2.28. The van der Waals surface area contributed by atoms with Crippen LogP contribution in [0.3, 0.4) is 0 Å². The molecule has 0 aliphatic carbocycles. The average Bonchev–Trinajstić information content (AvgIpc) is 2.96. The monoisotopic (exact) mass is 329 g/mol. The molecule has 0 radical (unpaired) electrons. The number of aromatic carboxylic acids is 1. The van der Waals surface area contributed by atoms with Crippen LogP contribution in [-0.2, 0) is 11.8 Å². The molecule has 1 aliphatic rings. The molecule has 24 heavy (non-hydrogen) atoms. The lowest BCUT2D eigenvalue weighted by atomic mass is 9.89. The van der Waals surface area contributed by atoms with Crippen LogP contribution in [0, 0.1) is 12.8 Å². The van der Waals surface area contributed by atoms with Crippen molar-refractivity contribution in [2.24, 2.45) is 18.0 Å². The van der Waals surface area contributed by atoms with Gasteiger partial charge < -0.3 is 10.4 Å². The molecular formula is C16H19N5O3. The highest BCUT2D eigenvalue weighted by atomic mass is 16.4. The number of hydrogen-bond acceptors (Lipinski definition) is 5. The van der Waals surface area contributed by atoms with Crippen molar-refractivity contribution in [3.63, 3.8) is 0 Å². The van der Waals surface area contributed by atoms with Crippen LogP contribution in [0.15, 0.2) is 11.1 Å². The minimum atomic E-state index is -1.13. The van der Waals surface area contributed by atoms with Gasteiger partial charge in [-0.05, 0) is 25.8 Å². The number of carboxylic acids is 1. The number of amidine groups is 1. The Balaban J connectivity index is 2.26. The number of aromatic nitrogens is 3. The maximum atomic E-state index is 12.3. The smallest absolute Gasteiger partial charge is 0.338 e. The Morgan fingerprint density at radius 3 is 2.62 bits per heavy atom. The number of aryl methyl sites for hydroxylation is 2. The SMILES string of the molecule is Cc1nn(C)c2nc(C3=NC(C)(C(C)C)C(=O)N3)c(C(=O)O)cc12. The maximum Gasteiger partial charge on any atom is 0.338 e. The Bertz CT molecular complexity index is 912. The molecule has 0 bridgehead atoms. The van der Waals surface area contributed by atoms with Crippen LogP contribution in [0.4, 0.5) is 0 Å². The van der Waals surface area contributed by atoms with Gasteiger partial charge >= 0.3 is 5.97 Å². The number of carbonyl (C=O) groups excluding carboxylic acids is 1. The molecule has 126 valence electrons. The van der Waals surface area contributed by atoms with Crippen LogP contribution in [0.25, 0.3) is 11.0 Å². The van der Waals surface area contributed by atoms with Gasteiger partial charge in [0.2, 0.25) is 0 Å². The normalized spacial score (nSPS) is 20.6. The summed E-state index contributed by atoms with van der Waals surface area (Å²) in [6.45, 7) is 7.31. The van der Waals surface area contributed by atoms with E-state index in [0.29, 0.717) is 16.7 Å². The summed E-state index contributed by atoms with van der Waals surface area (Å²) in [5, 5.41) is 17.2. The van der Waals surface area contributed by atoms with Crippen LogP contribution in [-0.4, -0.2) is 43.1 Å². The molecule has 1 unspecified atom stereocenters. The third-order valence-corrected chi connectivity index (χ3v) is 4.61. The van der Waals surface area contributed by atoms with Crippen LogP contribution >= 0.6 is 0 Å². The lowest BCUT2D eigenvalue weighted by Crippen LogP contribution is -2.41. The van der Waals surface area contributed by atoms with E-state index in [1.165, 1.54) is 6.07 Å². The van der Waals surface area contributed by atoms with E-state index >= 15 is 0 Å². The van der Waals surface area contributed by atoms with Crippen molar-refractivity contribution in [1.29, 1.82) is 0 Å². The summed E-state index contributed by atoms with van der Waals surface area (Å²) >= 11 is 0. The van der Waals surface area contributed by atoms with E-state index in [9.17, 15) is 14.7 Å². The van der Waals surface area contributed by atoms with Gasteiger partial charge in [-0.3, -0.25) is 9.48 Å². The number of carbonyl (C=O) groups is 2. The third kappa shape index (κ3) is 2.17. The minimum Gasteiger partial charge on any atom is -0.478 e. The van der Waals surface area contributed by atoms with E-state index in [2.05, 4.69) is 20.4 Å². The second-order valence-corrected chi connectivity index (χ2v) is 6.49. The molecule has 1 atom stereocenters. The van der Waals surface area contributed by atoms with Gasteiger partial charge in [0.15, 0.2) is 11.5 Å². The first-order valence-corrected chi connectivity index (χ1v) is 7.64. The van der Waals surface area contributed by atoms with Gasteiger partial charge in [-0.25, -0.2) is 14.8 Å². The number of hydrogen-bond donors (Lipinski definition) is 2. The van der Waals surface area contributed by atoms with Crippen molar-refractivity contribution in [1.82, 2.24) is 20.1 Å². The Morgan fingerprint density at radius 1 is 1.42 bits per heavy atom. The van der Waals surface area contributed by atoms with Gasteiger partial charge in [0.05, 0.1) is 11.3 Å². The number of rotatable bonds is 3. The standard InChI is InChI=1S/C16H19N5O3/c1-7(2)16(4)15(24)18-12(19-16)11-10(14(22)23)6-9-8(3)20-21(5)13(9)17-11/h6-7H,1-5H3,(H,22,23)(H,18,19,24). The highest BCUT2D eigenvalue weighted by molar-refractivity contribution is 6.18. The van der Waals surface area contributed by atoms with Crippen LogP contribution < -0.4 is 5.32 Å².